The van der Waals surface area contributed by atoms with E-state index in [4.69, 9.17) is 9.84 Å². The maximum absolute atomic E-state index is 12.3. The molecule has 0 bridgehead atoms. The highest BCUT2D eigenvalue weighted by Crippen LogP contribution is 2.17. The van der Waals surface area contributed by atoms with Gasteiger partial charge in [0.1, 0.15) is 5.75 Å². The van der Waals surface area contributed by atoms with Gasteiger partial charge in [-0.1, -0.05) is 24.3 Å². The van der Waals surface area contributed by atoms with E-state index < -0.39 is 5.97 Å². The number of nitrogens with zero attached hydrogens (tertiary/aromatic N) is 1. The second-order valence-electron chi connectivity index (χ2n) is 6.54. The third-order valence-electron chi connectivity index (χ3n) is 4.33. The van der Waals surface area contributed by atoms with E-state index in [0.717, 1.165) is 5.56 Å². The lowest BCUT2D eigenvalue weighted by Gasteiger charge is -2.17. The van der Waals surface area contributed by atoms with Gasteiger partial charge in [-0.25, -0.2) is 4.79 Å². The molecule has 0 atom stereocenters. The van der Waals surface area contributed by atoms with Crippen LogP contribution in [0.15, 0.2) is 48.5 Å². The number of benzene rings is 2. The van der Waals surface area contributed by atoms with E-state index in [1.54, 1.807) is 42.3 Å². The normalized spacial score (nSPS) is 10.3. The zero-order valence-electron chi connectivity index (χ0n) is 16.7. The van der Waals surface area contributed by atoms with Gasteiger partial charge in [0.05, 0.1) is 17.7 Å². The molecule has 7 heteroatoms. The van der Waals surface area contributed by atoms with Crippen LogP contribution in [0.25, 0.3) is 0 Å². The van der Waals surface area contributed by atoms with Crippen LogP contribution in [0.4, 0.5) is 0 Å². The Kier molecular flexibility index (Phi) is 8.21. The highest BCUT2D eigenvalue weighted by atomic mass is 16.5. The number of amides is 2. The molecule has 2 rings (SSSR count). The van der Waals surface area contributed by atoms with Crippen LogP contribution < -0.4 is 10.1 Å². The predicted molar refractivity (Wildman–Crippen MR) is 109 cm³/mol. The predicted octanol–water partition coefficient (Wildman–Crippen LogP) is 2.95. The zero-order valence-corrected chi connectivity index (χ0v) is 16.7. The maximum Gasteiger partial charge on any atom is 0.335 e. The number of nitrogens with one attached hydrogen (secondary N) is 1. The number of carboxylic acid groups (broad SMARTS) is 1. The van der Waals surface area contributed by atoms with Crippen LogP contribution >= 0.6 is 0 Å². The quantitative estimate of drug-likeness (QED) is 0.600. The molecule has 2 N–H and O–H groups in total. The average Bonchev–Trinajstić information content (AvgIpc) is 2.71. The third-order valence-corrected chi connectivity index (χ3v) is 4.33. The smallest absolute Gasteiger partial charge is 0.335 e. The summed E-state index contributed by atoms with van der Waals surface area (Å²) >= 11 is 0. The van der Waals surface area contributed by atoms with Crippen molar-refractivity contribution in [2.24, 2.45) is 0 Å². The standard InChI is InChI=1S/C22H26N2O5/c1-3-29-19-8-5-4-7-18(19)21(26)23-14-6-9-20(25)24(2)15-16-10-12-17(13-11-16)22(27)28/h4-5,7-8,10-13H,3,6,9,14-15H2,1-2H3,(H,23,26)(H,27,28). The molecule has 29 heavy (non-hydrogen) atoms. The minimum absolute atomic E-state index is 0.0451. The molecule has 2 aromatic rings. The van der Waals surface area contributed by atoms with E-state index in [1.807, 2.05) is 13.0 Å². The summed E-state index contributed by atoms with van der Waals surface area (Å²) in [5.74, 6) is -0.714. The Balaban J connectivity index is 1.76. The fourth-order valence-electron chi connectivity index (χ4n) is 2.78. The van der Waals surface area contributed by atoms with Gasteiger partial charge in [-0.05, 0) is 43.2 Å². The van der Waals surface area contributed by atoms with Crippen molar-refractivity contribution < 1.29 is 24.2 Å². The summed E-state index contributed by atoms with van der Waals surface area (Å²) < 4.78 is 5.46. The van der Waals surface area contributed by atoms with Gasteiger partial charge in [-0.2, -0.15) is 0 Å². The van der Waals surface area contributed by atoms with E-state index in [0.29, 0.717) is 43.9 Å². The van der Waals surface area contributed by atoms with Crippen molar-refractivity contribution in [2.45, 2.75) is 26.3 Å². The molecule has 0 saturated heterocycles. The highest BCUT2D eigenvalue weighted by molar-refractivity contribution is 5.96. The fraction of sp³-hybridized carbons (Fsp3) is 0.318. The van der Waals surface area contributed by atoms with Crippen molar-refractivity contribution in [3.63, 3.8) is 0 Å². The maximum atomic E-state index is 12.3. The Morgan fingerprint density at radius 2 is 1.76 bits per heavy atom. The lowest BCUT2D eigenvalue weighted by Crippen LogP contribution is -2.29. The number of rotatable bonds is 10. The van der Waals surface area contributed by atoms with Gasteiger partial charge in [0, 0.05) is 26.6 Å². The summed E-state index contributed by atoms with van der Waals surface area (Å²) in [4.78, 5) is 37.0. The first-order valence-corrected chi connectivity index (χ1v) is 9.48. The monoisotopic (exact) mass is 398 g/mol. The molecule has 0 heterocycles. The SMILES string of the molecule is CCOc1ccccc1C(=O)NCCCC(=O)N(C)Cc1ccc(C(=O)O)cc1. The van der Waals surface area contributed by atoms with Gasteiger partial charge in [0.15, 0.2) is 0 Å². The van der Waals surface area contributed by atoms with Gasteiger partial charge in [0.25, 0.3) is 5.91 Å². The summed E-state index contributed by atoms with van der Waals surface area (Å²) in [6.07, 6.45) is 0.820. The highest BCUT2D eigenvalue weighted by Gasteiger charge is 2.13. The van der Waals surface area contributed by atoms with Crippen LogP contribution in [-0.2, 0) is 11.3 Å². The second kappa shape index (κ2) is 10.8. The van der Waals surface area contributed by atoms with Crippen molar-refractivity contribution in [3.8, 4) is 5.75 Å². The van der Waals surface area contributed by atoms with E-state index >= 15 is 0 Å². The molecule has 0 fully saturated rings. The number of aromatic carboxylic acids is 1. The van der Waals surface area contributed by atoms with E-state index in [9.17, 15) is 14.4 Å². The molecule has 0 aliphatic carbocycles. The number of hydrogen-bond acceptors (Lipinski definition) is 4. The van der Waals surface area contributed by atoms with Gasteiger partial charge in [-0.15, -0.1) is 0 Å². The number of ether oxygens (including phenoxy) is 1. The Hall–Kier alpha value is -3.35. The summed E-state index contributed by atoms with van der Waals surface area (Å²) in [6.45, 7) is 3.11. The Morgan fingerprint density at radius 3 is 2.41 bits per heavy atom. The number of hydrogen-bond donors (Lipinski definition) is 2. The lowest BCUT2D eigenvalue weighted by molar-refractivity contribution is -0.130. The summed E-state index contributed by atoms with van der Waals surface area (Å²) in [6, 6.07) is 13.5. The van der Waals surface area contributed by atoms with Crippen molar-refractivity contribution >= 4 is 17.8 Å². The van der Waals surface area contributed by atoms with Crippen LogP contribution in [0.2, 0.25) is 0 Å². The summed E-state index contributed by atoms with van der Waals surface area (Å²) in [5, 5.41) is 11.7. The van der Waals surface area contributed by atoms with Gasteiger partial charge in [-0.3, -0.25) is 9.59 Å². The van der Waals surface area contributed by atoms with Crippen LogP contribution in [0.3, 0.4) is 0 Å². The Morgan fingerprint density at radius 1 is 1.07 bits per heavy atom. The summed E-state index contributed by atoms with van der Waals surface area (Å²) in [7, 11) is 1.70. The number of carbonyl (C=O) groups is 3. The topological polar surface area (TPSA) is 95.9 Å². The summed E-state index contributed by atoms with van der Waals surface area (Å²) in [5.41, 5.74) is 1.54. The number of carboxylic acids is 1. The first kappa shape index (κ1) is 21.9. The fourth-order valence-corrected chi connectivity index (χ4v) is 2.78. The number of para-hydroxylation sites is 1. The molecule has 154 valence electrons. The molecule has 0 radical (unpaired) electrons. The molecular weight excluding hydrogens is 372 g/mol. The molecular formula is C22H26N2O5. The number of carbonyl (C=O) groups excluding carboxylic acids is 2. The average molecular weight is 398 g/mol. The Labute approximate surface area is 170 Å². The molecule has 0 unspecified atom stereocenters. The van der Waals surface area contributed by atoms with Crippen molar-refractivity contribution in [1.29, 1.82) is 0 Å². The molecule has 0 spiro atoms. The van der Waals surface area contributed by atoms with Crippen molar-refractivity contribution in [2.75, 3.05) is 20.2 Å². The van der Waals surface area contributed by atoms with Crippen LogP contribution in [0, 0.1) is 0 Å². The van der Waals surface area contributed by atoms with Gasteiger partial charge >= 0.3 is 5.97 Å². The van der Waals surface area contributed by atoms with Crippen LogP contribution in [0.1, 0.15) is 46.0 Å². The minimum Gasteiger partial charge on any atom is -0.493 e. The molecule has 0 aliphatic heterocycles. The molecule has 7 nitrogen and oxygen atoms in total. The minimum atomic E-state index is -0.980. The Bertz CT molecular complexity index is 849. The largest absolute Gasteiger partial charge is 0.493 e. The molecule has 2 aromatic carbocycles. The third kappa shape index (κ3) is 6.64. The van der Waals surface area contributed by atoms with Gasteiger partial charge in [0.2, 0.25) is 5.91 Å². The lowest BCUT2D eigenvalue weighted by atomic mass is 10.1. The van der Waals surface area contributed by atoms with Crippen LogP contribution in [-0.4, -0.2) is 48.0 Å². The molecule has 0 aliphatic rings. The molecule has 2 amide bonds. The van der Waals surface area contributed by atoms with Crippen LogP contribution in [0.5, 0.6) is 5.75 Å². The van der Waals surface area contributed by atoms with Crippen molar-refractivity contribution in [3.05, 3.63) is 65.2 Å². The molecule has 0 aromatic heterocycles. The van der Waals surface area contributed by atoms with E-state index in [-0.39, 0.29) is 17.4 Å². The molecule has 0 saturated carbocycles. The first-order valence-electron chi connectivity index (χ1n) is 9.48. The van der Waals surface area contributed by atoms with Crippen molar-refractivity contribution in [1.82, 2.24) is 10.2 Å². The second-order valence-corrected chi connectivity index (χ2v) is 6.54. The first-order chi connectivity index (χ1) is 13.9. The van der Waals surface area contributed by atoms with E-state index in [2.05, 4.69) is 5.32 Å². The van der Waals surface area contributed by atoms with Gasteiger partial charge < -0.3 is 20.1 Å². The zero-order chi connectivity index (χ0) is 21.2. The van der Waals surface area contributed by atoms with E-state index in [1.165, 1.54) is 12.1 Å².